The number of nitrogens with zero attached hydrogens (tertiary/aromatic N) is 1. The van der Waals surface area contributed by atoms with Crippen LogP contribution >= 0.6 is 0 Å². The normalized spacial score (nSPS) is 23.2. The van der Waals surface area contributed by atoms with Crippen LogP contribution in [0.2, 0.25) is 0 Å². The number of benzene rings is 1. The van der Waals surface area contributed by atoms with Gasteiger partial charge >= 0.3 is 6.09 Å². The van der Waals surface area contributed by atoms with Gasteiger partial charge in [0.25, 0.3) is 0 Å². The highest BCUT2D eigenvalue weighted by Gasteiger charge is 2.23. The lowest BCUT2D eigenvalue weighted by atomic mass is 9.84. The van der Waals surface area contributed by atoms with Gasteiger partial charge in [0.2, 0.25) is 0 Å². The van der Waals surface area contributed by atoms with Gasteiger partial charge in [0.1, 0.15) is 6.61 Å². The Bertz CT molecular complexity index is 432. The maximum atomic E-state index is 12.2. The molecule has 2 rings (SSSR count). The zero-order chi connectivity index (χ0) is 15.1. The summed E-state index contributed by atoms with van der Waals surface area (Å²) < 4.78 is 5.44. The number of hydrogen-bond donors (Lipinski definition) is 0. The van der Waals surface area contributed by atoms with Crippen LogP contribution in [0.3, 0.4) is 0 Å². The van der Waals surface area contributed by atoms with Gasteiger partial charge in [-0.15, -0.1) is 0 Å². The molecule has 1 saturated heterocycles. The van der Waals surface area contributed by atoms with Gasteiger partial charge in [0.15, 0.2) is 0 Å². The lowest BCUT2D eigenvalue weighted by Gasteiger charge is -2.31. The molecule has 3 heteroatoms. The Morgan fingerprint density at radius 1 is 1.24 bits per heavy atom. The predicted octanol–water partition coefficient (Wildman–Crippen LogP) is 4.47. The van der Waals surface area contributed by atoms with Crippen LogP contribution in [0.15, 0.2) is 30.3 Å². The molecular formula is C18H27NO2. The standard InChI is InChI=1S/C18H27NO2/c1-3-17-10-7-12-19(13-11-15(17)2)18(20)21-14-16-8-5-4-6-9-16/h4-6,8-9,15,17H,3,7,10-14H2,1-2H3. The smallest absolute Gasteiger partial charge is 0.410 e. The van der Waals surface area contributed by atoms with Crippen molar-refractivity contribution < 1.29 is 9.53 Å². The van der Waals surface area contributed by atoms with E-state index in [1.165, 1.54) is 12.8 Å². The highest BCUT2D eigenvalue weighted by atomic mass is 16.6. The average molecular weight is 289 g/mol. The summed E-state index contributed by atoms with van der Waals surface area (Å²) in [5.74, 6) is 1.51. The molecule has 0 saturated carbocycles. The molecule has 116 valence electrons. The molecule has 1 fully saturated rings. The first kappa shape index (κ1) is 15.9. The minimum Gasteiger partial charge on any atom is -0.445 e. The maximum absolute atomic E-state index is 12.2. The molecule has 0 spiro atoms. The van der Waals surface area contributed by atoms with E-state index in [0.29, 0.717) is 12.5 Å². The van der Waals surface area contributed by atoms with Crippen molar-refractivity contribution >= 4 is 6.09 Å². The minimum absolute atomic E-state index is 0.166. The maximum Gasteiger partial charge on any atom is 0.410 e. The molecule has 3 nitrogen and oxygen atoms in total. The van der Waals surface area contributed by atoms with Gasteiger partial charge in [-0.2, -0.15) is 0 Å². The Kier molecular flexibility index (Phi) is 6.09. The molecule has 0 radical (unpaired) electrons. The lowest BCUT2D eigenvalue weighted by Crippen LogP contribution is -2.36. The van der Waals surface area contributed by atoms with Crippen LogP contribution in [0.1, 0.15) is 45.1 Å². The number of hydrogen-bond acceptors (Lipinski definition) is 2. The Labute approximate surface area is 128 Å². The summed E-state index contributed by atoms with van der Waals surface area (Å²) in [5.41, 5.74) is 1.04. The summed E-state index contributed by atoms with van der Waals surface area (Å²) in [7, 11) is 0. The van der Waals surface area contributed by atoms with Gasteiger partial charge in [-0.25, -0.2) is 4.79 Å². The number of ether oxygens (including phenoxy) is 1. The van der Waals surface area contributed by atoms with Gasteiger partial charge in [0.05, 0.1) is 0 Å². The molecule has 2 unspecified atom stereocenters. The van der Waals surface area contributed by atoms with Crippen molar-refractivity contribution in [3.63, 3.8) is 0 Å². The first-order valence-electron chi connectivity index (χ1n) is 8.16. The Balaban J connectivity index is 1.82. The number of carbonyl (C=O) groups excluding carboxylic acids is 1. The second-order valence-electron chi connectivity index (χ2n) is 6.10. The number of carbonyl (C=O) groups is 1. The number of amides is 1. The Morgan fingerprint density at radius 3 is 2.71 bits per heavy atom. The van der Waals surface area contributed by atoms with Crippen molar-refractivity contribution in [1.29, 1.82) is 0 Å². The molecule has 1 amide bonds. The van der Waals surface area contributed by atoms with Crippen LogP contribution in [0, 0.1) is 11.8 Å². The van der Waals surface area contributed by atoms with Crippen LogP contribution in [0.25, 0.3) is 0 Å². The van der Waals surface area contributed by atoms with Crippen molar-refractivity contribution in [2.24, 2.45) is 11.8 Å². The minimum atomic E-state index is -0.166. The fraction of sp³-hybridized carbons (Fsp3) is 0.611. The van der Waals surface area contributed by atoms with Crippen LogP contribution in [-0.2, 0) is 11.3 Å². The quantitative estimate of drug-likeness (QED) is 0.821. The van der Waals surface area contributed by atoms with E-state index in [-0.39, 0.29) is 6.09 Å². The molecule has 0 aromatic heterocycles. The first-order valence-corrected chi connectivity index (χ1v) is 8.16. The second kappa shape index (κ2) is 8.06. The largest absolute Gasteiger partial charge is 0.445 e. The van der Waals surface area contributed by atoms with E-state index in [1.807, 2.05) is 35.2 Å². The van der Waals surface area contributed by atoms with E-state index in [9.17, 15) is 4.79 Å². The summed E-state index contributed by atoms with van der Waals surface area (Å²) in [5, 5.41) is 0. The molecule has 21 heavy (non-hydrogen) atoms. The fourth-order valence-corrected chi connectivity index (χ4v) is 3.14. The molecule has 0 aliphatic carbocycles. The zero-order valence-electron chi connectivity index (χ0n) is 13.3. The Hall–Kier alpha value is -1.51. The SMILES string of the molecule is CCC1CCCN(C(=O)OCc2ccccc2)CCC1C. The van der Waals surface area contributed by atoms with E-state index < -0.39 is 0 Å². The Morgan fingerprint density at radius 2 is 2.00 bits per heavy atom. The summed E-state index contributed by atoms with van der Waals surface area (Å²) in [6.07, 6.45) is 4.48. The molecule has 1 aliphatic heterocycles. The van der Waals surface area contributed by atoms with Crippen molar-refractivity contribution in [2.45, 2.75) is 46.1 Å². The fourth-order valence-electron chi connectivity index (χ4n) is 3.14. The van der Waals surface area contributed by atoms with Crippen LogP contribution < -0.4 is 0 Å². The van der Waals surface area contributed by atoms with Crippen molar-refractivity contribution in [2.75, 3.05) is 13.1 Å². The van der Waals surface area contributed by atoms with Gasteiger partial charge in [-0.1, -0.05) is 50.6 Å². The van der Waals surface area contributed by atoms with Gasteiger partial charge < -0.3 is 9.64 Å². The number of likely N-dealkylation sites (tertiary alicyclic amines) is 1. The lowest BCUT2D eigenvalue weighted by molar-refractivity contribution is 0.0865. The third kappa shape index (κ3) is 4.76. The average Bonchev–Trinajstić information content (AvgIpc) is 2.50. The topological polar surface area (TPSA) is 29.5 Å². The van der Waals surface area contributed by atoms with E-state index in [2.05, 4.69) is 13.8 Å². The number of rotatable bonds is 3. The predicted molar refractivity (Wildman–Crippen MR) is 85.0 cm³/mol. The van der Waals surface area contributed by atoms with Crippen LogP contribution in [-0.4, -0.2) is 24.1 Å². The third-order valence-corrected chi connectivity index (χ3v) is 4.65. The van der Waals surface area contributed by atoms with Crippen molar-refractivity contribution in [3.05, 3.63) is 35.9 Å². The van der Waals surface area contributed by atoms with Crippen LogP contribution in [0.5, 0.6) is 0 Å². The second-order valence-corrected chi connectivity index (χ2v) is 6.10. The van der Waals surface area contributed by atoms with Gasteiger partial charge in [-0.05, 0) is 36.7 Å². The summed E-state index contributed by atoms with van der Waals surface area (Å²) in [6, 6.07) is 9.86. The summed E-state index contributed by atoms with van der Waals surface area (Å²) in [6.45, 7) is 6.60. The zero-order valence-corrected chi connectivity index (χ0v) is 13.3. The summed E-state index contributed by atoms with van der Waals surface area (Å²) >= 11 is 0. The summed E-state index contributed by atoms with van der Waals surface area (Å²) in [4.78, 5) is 14.1. The molecular weight excluding hydrogens is 262 g/mol. The van der Waals surface area contributed by atoms with E-state index in [0.717, 1.165) is 37.4 Å². The molecule has 1 heterocycles. The van der Waals surface area contributed by atoms with Crippen LogP contribution in [0.4, 0.5) is 4.79 Å². The monoisotopic (exact) mass is 289 g/mol. The third-order valence-electron chi connectivity index (χ3n) is 4.65. The highest BCUT2D eigenvalue weighted by Crippen LogP contribution is 2.26. The molecule has 1 aromatic carbocycles. The van der Waals surface area contributed by atoms with E-state index in [4.69, 9.17) is 4.74 Å². The van der Waals surface area contributed by atoms with Crippen molar-refractivity contribution in [1.82, 2.24) is 4.90 Å². The molecule has 0 N–H and O–H groups in total. The molecule has 1 aliphatic rings. The van der Waals surface area contributed by atoms with E-state index >= 15 is 0 Å². The van der Waals surface area contributed by atoms with Crippen molar-refractivity contribution in [3.8, 4) is 0 Å². The first-order chi connectivity index (χ1) is 10.2. The van der Waals surface area contributed by atoms with Gasteiger partial charge in [-0.3, -0.25) is 0 Å². The van der Waals surface area contributed by atoms with E-state index in [1.54, 1.807) is 0 Å². The van der Waals surface area contributed by atoms with Gasteiger partial charge in [0, 0.05) is 13.1 Å². The highest BCUT2D eigenvalue weighted by molar-refractivity contribution is 5.67. The molecule has 1 aromatic rings. The molecule has 2 atom stereocenters. The molecule has 0 bridgehead atoms.